The van der Waals surface area contributed by atoms with Crippen LogP contribution in [0.1, 0.15) is 25.7 Å². The molecule has 16 heavy (non-hydrogen) atoms. The molecule has 2 saturated heterocycles. The molecule has 4 N–H and O–H groups in total. The standard InChI is InChI=1S/C10H17N3OS2/c11-8(14)4-2-1-3-7-9-6(5-16-7)12-10(15)13-9/h6-7,9H,1-5H2,(H2,11,14)(H2,12,13,15)/t6?,7-,9?/m0/s1. The van der Waals surface area contributed by atoms with Crippen molar-refractivity contribution < 1.29 is 4.79 Å². The van der Waals surface area contributed by atoms with Crippen molar-refractivity contribution in [2.24, 2.45) is 5.73 Å². The molecular weight excluding hydrogens is 242 g/mol. The second-order valence-electron chi connectivity index (χ2n) is 4.33. The zero-order chi connectivity index (χ0) is 11.5. The van der Waals surface area contributed by atoms with Crippen molar-refractivity contribution in [3.8, 4) is 0 Å². The van der Waals surface area contributed by atoms with Gasteiger partial charge in [-0.15, -0.1) is 0 Å². The largest absolute Gasteiger partial charge is 0.370 e. The summed E-state index contributed by atoms with van der Waals surface area (Å²) in [7, 11) is 0. The molecule has 2 aliphatic heterocycles. The van der Waals surface area contributed by atoms with Crippen LogP contribution in [-0.2, 0) is 4.79 Å². The van der Waals surface area contributed by atoms with Crippen molar-refractivity contribution in [2.75, 3.05) is 5.75 Å². The number of thioether (sulfide) groups is 1. The average molecular weight is 259 g/mol. The first kappa shape index (κ1) is 12.0. The first-order valence-electron chi connectivity index (χ1n) is 5.64. The first-order valence-corrected chi connectivity index (χ1v) is 7.09. The Balaban J connectivity index is 1.70. The highest BCUT2D eigenvalue weighted by atomic mass is 32.2. The van der Waals surface area contributed by atoms with Gasteiger partial charge >= 0.3 is 0 Å². The molecule has 0 aliphatic carbocycles. The zero-order valence-corrected chi connectivity index (χ0v) is 10.7. The molecule has 0 spiro atoms. The van der Waals surface area contributed by atoms with E-state index in [1.54, 1.807) is 0 Å². The lowest BCUT2D eigenvalue weighted by Gasteiger charge is -2.16. The number of primary amides is 1. The molecule has 2 unspecified atom stereocenters. The van der Waals surface area contributed by atoms with Crippen LogP contribution >= 0.6 is 24.0 Å². The molecular formula is C10H17N3OS2. The molecule has 0 aromatic heterocycles. The van der Waals surface area contributed by atoms with Crippen LogP contribution < -0.4 is 16.4 Å². The third kappa shape index (κ3) is 2.79. The summed E-state index contributed by atoms with van der Waals surface area (Å²) in [6.07, 6.45) is 3.62. The van der Waals surface area contributed by atoms with Gasteiger partial charge < -0.3 is 16.4 Å². The Morgan fingerprint density at radius 2 is 2.31 bits per heavy atom. The van der Waals surface area contributed by atoms with E-state index in [0.717, 1.165) is 30.1 Å². The maximum absolute atomic E-state index is 10.6. The first-order chi connectivity index (χ1) is 7.66. The molecule has 2 aliphatic rings. The third-order valence-corrected chi connectivity index (χ3v) is 4.84. The van der Waals surface area contributed by atoms with E-state index in [9.17, 15) is 4.79 Å². The molecule has 3 atom stereocenters. The Morgan fingerprint density at radius 1 is 1.50 bits per heavy atom. The van der Waals surface area contributed by atoms with E-state index in [-0.39, 0.29) is 5.91 Å². The SMILES string of the molecule is NC(=O)CCCC[C@@H]1SCC2NC(=S)NC21. The van der Waals surface area contributed by atoms with Gasteiger partial charge in [-0.1, -0.05) is 6.42 Å². The van der Waals surface area contributed by atoms with Crippen LogP contribution in [0, 0.1) is 0 Å². The third-order valence-electron chi connectivity index (χ3n) is 3.10. The number of fused-ring (bicyclic) bond motifs is 1. The molecule has 2 rings (SSSR count). The summed E-state index contributed by atoms with van der Waals surface area (Å²) in [4.78, 5) is 10.6. The summed E-state index contributed by atoms with van der Waals surface area (Å²) in [5.41, 5.74) is 5.11. The lowest BCUT2D eigenvalue weighted by molar-refractivity contribution is -0.118. The lowest BCUT2D eigenvalue weighted by Crippen LogP contribution is -2.36. The molecule has 0 radical (unpaired) electrons. The Hall–Kier alpha value is -0.490. The van der Waals surface area contributed by atoms with Gasteiger partial charge in [0, 0.05) is 17.4 Å². The van der Waals surface area contributed by atoms with E-state index < -0.39 is 0 Å². The number of carbonyl (C=O) groups excluding carboxylic acids is 1. The topological polar surface area (TPSA) is 67.2 Å². The number of carbonyl (C=O) groups is 1. The van der Waals surface area contributed by atoms with Crippen LogP contribution in [0.25, 0.3) is 0 Å². The monoisotopic (exact) mass is 259 g/mol. The van der Waals surface area contributed by atoms with Gasteiger partial charge in [0.1, 0.15) is 0 Å². The van der Waals surface area contributed by atoms with Gasteiger partial charge in [0.2, 0.25) is 5.91 Å². The van der Waals surface area contributed by atoms with E-state index >= 15 is 0 Å². The predicted octanol–water partition coefficient (Wildman–Crippen LogP) is 0.362. The lowest BCUT2D eigenvalue weighted by atomic mass is 10.0. The van der Waals surface area contributed by atoms with Crippen molar-refractivity contribution in [1.29, 1.82) is 0 Å². The highest BCUT2D eigenvalue weighted by Gasteiger charge is 2.41. The minimum absolute atomic E-state index is 0.196. The fourth-order valence-electron chi connectivity index (χ4n) is 2.29. The number of hydrogen-bond acceptors (Lipinski definition) is 3. The predicted molar refractivity (Wildman–Crippen MR) is 70.4 cm³/mol. The Kier molecular flexibility index (Phi) is 3.91. The van der Waals surface area contributed by atoms with Crippen molar-refractivity contribution in [1.82, 2.24) is 10.6 Å². The summed E-state index contributed by atoms with van der Waals surface area (Å²) in [6.45, 7) is 0. The average Bonchev–Trinajstić information content (AvgIpc) is 2.72. The van der Waals surface area contributed by atoms with E-state index in [2.05, 4.69) is 10.6 Å². The number of amides is 1. The van der Waals surface area contributed by atoms with Gasteiger partial charge in [0.05, 0.1) is 12.1 Å². The molecule has 6 heteroatoms. The van der Waals surface area contributed by atoms with Crippen molar-refractivity contribution in [3.63, 3.8) is 0 Å². The summed E-state index contributed by atoms with van der Waals surface area (Å²) < 4.78 is 0. The van der Waals surface area contributed by atoms with Crippen LogP contribution in [0.4, 0.5) is 0 Å². The number of rotatable bonds is 5. The highest BCUT2D eigenvalue weighted by molar-refractivity contribution is 8.00. The maximum Gasteiger partial charge on any atom is 0.217 e. The summed E-state index contributed by atoms with van der Waals surface area (Å²) >= 11 is 7.10. The van der Waals surface area contributed by atoms with Crippen molar-refractivity contribution in [3.05, 3.63) is 0 Å². The van der Waals surface area contributed by atoms with E-state index in [4.69, 9.17) is 18.0 Å². The van der Waals surface area contributed by atoms with Gasteiger partial charge in [0.25, 0.3) is 0 Å². The van der Waals surface area contributed by atoms with Crippen molar-refractivity contribution in [2.45, 2.75) is 43.0 Å². The highest BCUT2D eigenvalue weighted by Crippen LogP contribution is 2.33. The van der Waals surface area contributed by atoms with Crippen LogP contribution in [0.15, 0.2) is 0 Å². The van der Waals surface area contributed by atoms with Crippen LogP contribution in [-0.4, -0.2) is 34.1 Å². The van der Waals surface area contributed by atoms with Crippen LogP contribution in [0.3, 0.4) is 0 Å². The molecule has 4 nitrogen and oxygen atoms in total. The van der Waals surface area contributed by atoms with E-state index in [1.165, 1.54) is 0 Å². The van der Waals surface area contributed by atoms with Gasteiger partial charge in [-0.25, -0.2) is 0 Å². The zero-order valence-electron chi connectivity index (χ0n) is 9.07. The summed E-state index contributed by atoms with van der Waals surface area (Å²) in [6, 6.07) is 0.977. The normalized spacial score (nSPS) is 32.0. The number of nitrogens with one attached hydrogen (secondary N) is 2. The molecule has 0 bridgehead atoms. The number of hydrogen-bond donors (Lipinski definition) is 3. The molecule has 0 aromatic carbocycles. The van der Waals surface area contributed by atoms with Crippen LogP contribution in [0.5, 0.6) is 0 Å². The number of thiocarbonyl (C=S) groups is 1. The minimum atomic E-state index is -0.196. The van der Waals surface area contributed by atoms with Gasteiger partial charge in [-0.2, -0.15) is 11.8 Å². The quantitative estimate of drug-likeness (QED) is 0.491. The fourth-order valence-corrected chi connectivity index (χ4v) is 4.12. The fraction of sp³-hybridized carbons (Fsp3) is 0.800. The Bertz CT molecular complexity index is 298. The summed E-state index contributed by atoms with van der Waals surface area (Å²) in [5.74, 6) is 0.928. The van der Waals surface area contributed by atoms with Crippen molar-refractivity contribution >= 4 is 35.0 Å². The molecule has 1 amide bonds. The van der Waals surface area contributed by atoms with Crippen LogP contribution in [0.2, 0.25) is 0 Å². The molecule has 0 saturated carbocycles. The number of unbranched alkanes of at least 4 members (excludes halogenated alkanes) is 1. The molecule has 90 valence electrons. The Morgan fingerprint density at radius 3 is 3.06 bits per heavy atom. The molecule has 0 aromatic rings. The van der Waals surface area contributed by atoms with E-state index in [1.807, 2.05) is 11.8 Å². The second kappa shape index (κ2) is 5.23. The van der Waals surface area contributed by atoms with Gasteiger partial charge in [0.15, 0.2) is 5.11 Å². The Labute approximate surface area is 105 Å². The maximum atomic E-state index is 10.6. The summed E-state index contributed by atoms with van der Waals surface area (Å²) in [5, 5.41) is 8.01. The smallest absolute Gasteiger partial charge is 0.217 e. The number of nitrogens with two attached hydrogens (primary N) is 1. The van der Waals surface area contributed by atoms with E-state index in [0.29, 0.717) is 23.8 Å². The second-order valence-corrected chi connectivity index (χ2v) is 6.01. The molecule has 2 fully saturated rings. The van der Waals surface area contributed by atoms with Gasteiger partial charge in [-0.3, -0.25) is 4.79 Å². The van der Waals surface area contributed by atoms with Gasteiger partial charge in [-0.05, 0) is 25.1 Å². The minimum Gasteiger partial charge on any atom is -0.370 e. The molecule has 2 heterocycles.